The number of carbonyl (C=O) groups is 1. The molecule has 0 aliphatic carbocycles. The normalized spacial score (nSPS) is 11.7. The fourth-order valence-corrected chi connectivity index (χ4v) is 2.70. The van der Waals surface area contributed by atoms with Crippen molar-refractivity contribution in [2.24, 2.45) is 5.73 Å². The molecular formula is C18H17ClN2O2. The molecule has 2 aromatic rings. The molecule has 0 aliphatic heterocycles. The molecule has 4 nitrogen and oxygen atoms in total. The second-order valence-corrected chi connectivity index (χ2v) is 5.82. The van der Waals surface area contributed by atoms with Crippen LogP contribution in [0.25, 0.3) is 11.1 Å². The predicted molar refractivity (Wildman–Crippen MR) is 90.4 cm³/mol. The van der Waals surface area contributed by atoms with E-state index in [0.29, 0.717) is 10.6 Å². The Kier molecular flexibility index (Phi) is 5.38. The van der Waals surface area contributed by atoms with E-state index >= 15 is 0 Å². The summed E-state index contributed by atoms with van der Waals surface area (Å²) in [6.07, 6.45) is -0.0328. The number of nitrogens with two attached hydrogens (primary N) is 1. The Balaban J connectivity index is 2.49. The Morgan fingerprint density at radius 3 is 2.70 bits per heavy atom. The van der Waals surface area contributed by atoms with Gasteiger partial charge < -0.3 is 10.8 Å². The number of nitrogens with zero attached hydrogens (tertiary/aromatic N) is 1. The molecule has 0 amide bonds. The summed E-state index contributed by atoms with van der Waals surface area (Å²) in [4.78, 5) is 11.0. The number of aliphatic carboxylic acids is 1. The van der Waals surface area contributed by atoms with Gasteiger partial charge >= 0.3 is 5.97 Å². The summed E-state index contributed by atoms with van der Waals surface area (Å²) in [7, 11) is 0. The average Bonchev–Trinajstić information content (AvgIpc) is 2.53. The zero-order chi connectivity index (χ0) is 17.0. The molecule has 0 heterocycles. The molecule has 0 saturated carbocycles. The molecule has 0 bridgehead atoms. The third kappa shape index (κ3) is 3.89. The largest absolute Gasteiger partial charge is 0.481 e. The quantitative estimate of drug-likeness (QED) is 0.876. The lowest BCUT2D eigenvalue weighted by Crippen LogP contribution is -2.16. The van der Waals surface area contributed by atoms with Crippen LogP contribution in [0.2, 0.25) is 5.02 Å². The molecule has 0 aromatic heterocycles. The number of carboxylic acid groups (broad SMARTS) is 1. The Bertz CT molecular complexity index is 781. The molecule has 2 aromatic carbocycles. The molecule has 118 valence electrons. The van der Waals surface area contributed by atoms with Gasteiger partial charge in [-0.15, -0.1) is 0 Å². The van der Waals surface area contributed by atoms with Crippen LogP contribution in [0.3, 0.4) is 0 Å². The second kappa shape index (κ2) is 7.28. The number of nitriles is 1. The maximum atomic E-state index is 11.0. The van der Waals surface area contributed by atoms with Gasteiger partial charge in [0.25, 0.3) is 0 Å². The molecule has 3 N–H and O–H groups in total. The number of carboxylic acids is 1. The van der Waals surface area contributed by atoms with Gasteiger partial charge in [0.05, 0.1) is 18.1 Å². The van der Waals surface area contributed by atoms with E-state index in [1.165, 1.54) is 0 Å². The monoisotopic (exact) mass is 328 g/mol. The molecule has 0 aliphatic rings. The van der Waals surface area contributed by atoms with E-state index in [4.69, 9.17) is 22.4 Å². The predicted octanol–water partition coefficient (Wildman–Crippen LogP) is 3.70. The summed E-state index contributed by atoms with van der Waals surface area (Å²) in [6, 6.07) is 13.1. The SMILES string of the molecule is Cc1ccc(-c2cc([C@H](CN)CC(=O)O)ccc2Cl)cc1C#N. The Morgan fingerprint density at radius 2 is 2.09 bits per heavy atom. The second-order valence-electron chi connectivity index (χ2n) is 5.41. The zero-order valence-electron chi connectivity index (χ0n) is 12.7. The van der Waals surface area contributed by atoms with Crippen molar-refractivity contribution < 1.29 is 9.90 Å². The third-order valence-electron chi connectivity index (χ3n) is 3.84. The van der Waals surface area contributed by atoms with Gasteiger partial charge in [-0.05, 0) is 48.4 Å². The lowest BCUT2D eigenvalue weighted by atomic mass is 9.92. The maximum Gasteiger partial charge on any atom is 0.304 e. The van der Waals surface area contributed by atoms with Crippen LogP contribution in [0, 0.1) is 18.3 Å². The van der Waals surface area contributed by atoms with E-state index < -0.39 is 5.97 Å². The summed E-state index contributed by atoms with van der Waals surface area (Å²) in [6.45, 7) is 2.11. The summed E-state index contributed by atoms with van der Waals surface area (Å²) in [5.74, 6) is -1.16. The van der Waals surface area contributed by atoms with Crippen molar-refractivity contribution in [2.45, 2.75) is 19.3 Å². The summed E-state index contributed by atoms with van der Waals surface area (Å²) >= 11 is 6.29. The minimum atomic E-state index is -0.890. The Labute approximate surface area is 140 Å². The van der Waals surface area contributed by atoms with E-state index in [-0.39, 0.29) is 18.9 Å². The highest BCUT2D eigenvalue weighted by atomic mass is 35.5. The van der Waals surface area contributed by atoms with Gasteiger partial charge in [-0.3, -0.25) is 4.79 Å². The number of aryl methyl sites for hydroxylation is 1. The summed E-state index contributed by atoms with van der Waals surface area (Å²) in [5, 5.41) is 18.7. The van der Waals surface area contributed by atoms with Gasteiger partial charge in [-0.1, -0.05) is 29.8 Å². The molecule has 0 radical (unpaired) electrons. The van der Waals surface area contributed by atoms with E-state index in [1.54, 1.807) is 18.2 Å². The highest BCUT2D eigenvalue weighted by molar-refractivity contribution is 6.33. The smallest absolute Gasteiger partial charge is 0.304 e. The molecule has 1 atom stereocenters. The van der Waals surface area contributed by atoms with Crippen LogP contribution >= 0.6 is 11.6 Å². The number of rotatable bonds is 5. The van der Waals surface area contributed by atoms with Crippen molar-refractivity contribution in [1.82, 2.24) is 0 Å². The lowest BCUT2D eigenvalue weighted by molar-refractivity contribution is -0.137. The molecule has 23 heavy (non-hydrogen) atoms. The topological polar surface area (TPSA) is 87.1 Å². The van der Waals surface area contributed by atoms with Gasteiger partial charge in [0, 0.05) is 16.5 Å². The van der Waals surface area contributed by atoms with Gasteiger partial charge in [0.2, 0.25) is 0 Å². The van der Waals surface area contributed by atoms with Gasteiger partial charge in [0.1, 0.15) is 0 Å². The number of halogens is 1. The molecule has 2 rings (SSSR count). The number of hydrogen-bond acceptors (Lipinski definition) is 3. The molecule has 0 saturated heterocycles. The van der Waals surface area contributed by atoms with Crippen molar-refractivity contribution in [3.63, 3.8) is 0 Å². The zero-order valence-corrected chi connectivity index (χ0v) is 13.5. The summed E-state index contributed by atoms with van der Waals surface area (Å²) < 4.78 is 0. The first-order valence-electron chi connectivity index (χ1n) is 7.18. The van der Waals surface area contributed by atoms with Crippen LogP contribution < -0.4 is 5.73 Å². The molecule has 0 unspecified atom stereocenters. The van der Waals surface area contributed by atoms with Crippen LogP contribution in [0.1, 0.15) is 29.0 Å². The molecule has 5 heteroatoms. The third-order valence-corrected chi connectivity index (χ3v) is 4.17. The van der Waals surface area contributed by atoms with Gasteiger partial charge in [0.15, 0.2) is 0 Å². The van der Waals surface area contributed by atoms with E-state index in [9.17, 15) is 10.1 Å². The number of hydrogen-bond donors (Lipinski definition) is 2. The fourth-order valence-electron chi connectivity index (χ4n) is 2.48. The minimum Gasteiger partial charge on any atom is -0.481 e. The van der Waals surface area contributed by atoms with Crippen LogP contribution in [0.5, 0.6) is 0 Å². The van der Waals surface area contributed by atoms with Gasteiger partial charge in [-0.25, -0.2) is 0 Å². The first-order valence-corrected chi connectivity index (χ1v) is 7.56. The van der Waals surface area contributed by atoms with Crippen LogP contribution in [-0.2, 0) is 4.79 Å². The van der Waals surface area contributed by atoms with Crippen molar-refractivity contribution in [2.75, 3.05) is 6.54 Å². The first-order chi connectivity index (χ1) is 11.0. The van der Waals surface area contributed by atoms with E-state index in [0.717, 1.165) is 22.3 Å². The highest BCUT2D eigenvalue weighted by Crippen LogP contribution is 2.32. The van der Waals surface area contributed by atoms with Crippen LogP contribution in [0.15, 0.2) is 36.4 Å². The van der Waals surface area contributed by atoms with Crippen molar-refractivity contribution in [1.29, 1.82) is 5.26 Å². The Morgan fingerprint density at radius 1 is 1.35 bits per heavy atom. The number of benzene rings is 2. The van der Waals surface area contributed by atoms with E-state index in [2.05, 4.69) is 6.07 Å². The van der Waals surface area contributed by atoms with Crippen LogP contribution in [-0.4, -0.2) is 17.6 Å². The van der Waals surface area contributed by atoms with E-state index in [1.807, 2.05) is 25.1 Å². The van der Waals surface area contributed by atoms with Crippen molar-refractivity contribution >= 4 is 17.6 Å². The average molecular weight is 329 g/mol. The first kappa shape index (κ1) is 17.0. The molecule has 0 spiro atoms. The highest BCUT2D eigenvalue weighted by Gasteiger charge is 2.16. The van der Waals surface area contributed by atoms with Crippen molar-refractivity contribution in [3.8, 4) is 17.2 Å². The fraction of sp³-hybridized carbons (Fsp3) is 0.222. The minimum absolute atomic E-state index is 0.0328. The van der Waals surface area contributed by atoms with Crippen molar-refractivity contribution in [3.05, 3.63) is 58.1 Å². The lowest BCUT2D eigenvalue weighted by Gasteiger charge is -2.15. The standard InChI is InChI=1S/C18H17ClN2O2/c1-11-2-3-13(6-14(11)9-20)16-7-12(4-5-17(16)19)15(10-21)8-18(22)23/h2-7,15H,8,10,21H2,1H3,(H,22,23)/t15-/m0/s1. The van der Waals surface area contributed by atoms with Crippen LogP contribution in [0.4, 0.5) is 0 Å². The Hall–Kier alpha value is -2.35. The summed E-state index contributed by atoms with van der Waals surface area (Å²) in [5.41, 5.74) is 9.61. The molecular weight excluding hydrogens is 312 g/mol. The maximum absolute atomic E-state index is 11.0. The molecule has 0 fully saturated rings. The van der Waals surface area contributed by atoms with Gasteiger partial charge in [-0.2, -0.15) is 5.26 Å².